The Morgan fingerprint density at radius 1 is 0.955 bits per heavy atom. The van der Waals surface area contributed by atoms with Crippen LogP contribution in [0.25, 0.3) is 0 Å². The minimum absolute atomic E-state index is 0.524. The topological polar surface area (TPSA) is 32.3 Å². The van der Waals surface area contributed by atoms with E-state index in [9.17, 15) is 8.78 Å². The molecule has 1 saturated heterocycles. The van der Waals surface area contributed by atoms with Gasteiger partial charge in [-0.1, -0.05) is 0 Å². The normalized spacial score (nSPS) is 16.0. The van der Waals surface area contributed by atoms with Crippen molar-refractivity contribution >= 4 is 5.82 Å². The molecule has 116 valence electrons. The molecular weight excluding hydrogens is 286 g/mol. The lowest BCUT2D eigenvalue weighted by atomic mass is 10.2. The first-order valence-corrected chi connectivity index (χ1v) is 7.33. The molecule has 1 aliphatic rings. The standard InChI is InChI=1S/C16H18F2N4/c1-12-2-3-16(20-19-12)22-6-4-21(5-7-22)11-13-8-14(17)10-15(18)9-13/h2-3,8-10H,4-7,11H2,1H3. The summed E-state index contributed by atoms with van der Waals surface area (Å²) in [5.41, 5.74) is 1.57. The van der Waals surface area contributed by atoms with E-state index in [0.29, 0.717) is 12.1 Å². The molecule has 0 radical (unpaired) electrons. The molecule has 22 heavy (non-hydrogen) atoms. The predicted octanol–water partition coefficient (Wildman–Crippen LogP) is 2.39. The van der Waals surface area contributed by atoms with E-state index in [1.807, 2.05) is 19.1 Å². The molecule has 0 bridgehead atoms. The van der Waals surface area contributed by atoms with Crippen LogP contribution < -0.4 is 4.90 Å². The SMILES string of the molecule is Cc1ccc(N2CCN(Cc3cc(F)cc(F)c3)CC2)nn1. The van der Waals surface area contributed by atoms with Crippen molar-refractivity contribution in [3.8, 4) is 0 Å². The predicted molar refractivity (Wildman–Crippen MR) is 80.6 cm³/mol. The molecule has 0 spiro atoms. The van der Waals surface area contributed by atoms with Crippen molar-refractivity contribution < 1.29 is 8.78 Å². The highest BCUT2D eigenvalue weighted by molar-refractivity contribution is 5.37. The van der Waals surface area contributed by atoms with Crippen LogP contribution in [0.2, 0.25) is 0 Å². The van der Waals surface area contributed by atoms with E-state index in [0.717, 1.165) is 43.8 Å². The number of piperazine rings is 1. The summed E-state index contributed by atoms with van der Waals surface area (Å²) in [6, 6.07) is 7.60. The summed E-state index contributed by atoms with van der Waals surface area (Å²) in [7, 11) is 0. The fourth-order valence-electron chi connectivity index (χ4n) is 2.66. The first-order valence-electron chi connectivity index (χ1n) is 7.33. The van der Waals surface area contributed by atoms with Crippen LogP contribution in [0.15, 0.2) is 30.3 Å². The maximum Gasteiger partial charge on any atom is 0.151 e. The van der Waals surface area contributed by atoms with E-state index in [-0.39, 0.29) is 0 Å². The molecule has 0 atom stereocenters. The van der Waals surface area contributed by atoms with Crippen molar-refractivity contribution in [2.75, 3.05) is 31.1 Å². The van der Waals surface area contributed by atoms with E-state index >= 15 is 0 Å². The largest absolute Gasteiger partial charge is 0.353 e. The summed E-state index contributed by atoms with van der Waals surface area (Å²) < 4.78 is 26.4. The Morgan fingerprint density at radius 2 is 1.64 bits per heavy atom. The molecule has 0 aliphatic carbocycles. The molecule has 0 amide bonds. The Balaban J connectivity index is 1.58. The molecule has 6 heteroatoms. The van der Waals surface area contributed by atoms with Gasteiger partial charge >= 0.3 is 0 Å². The third-order valence-corrected chi connectivity index (χ3v) is 3.81. The zero-order chi connectivity index (χ0) is 15.5. The van der Waals surface area contributed by atoms with Crippen LogP contribution in [-0.4, -0.2) is 41.3 Å². The molecule has 0 unspecified atom stereocenters. The van der Waals surface area contributed by atoms with Gasteiger partial charge < -0.3 is 4.90 Å². The first-order chi connectivity index (χ1) is 10.6. The lowest BCUT2D eigenvalue weighted by molar-refractivity contribution is 0.248. The van der Waals surface area contributed by atoms with Gasteiger partial charge in [-0.2, -0.15) is 5.10 Å². The van der Waals surface area contributed by atoms with Crippen LogP contribution in [0.4, 0.5) is 14.6 Å². The first kappa shape index (κ1) is 14.8. The molecular formula is C16H18F2N4. The van der Waals surface area contributed by atoms with Crippen molar-refractivity contribution in [1.82, 2.24) is 15.1 Å². The monoisotopic (exact) mass is 304 g/mol. The summed E-state index contributed by atoms with van der Waals surface area (Å²) in [6.07, 6.45) is 0. The number of hydrogen-bond acceptors (Lipinski definition) is 4. The molecule has 3 rings (SSSR count). The van der Waals surface area contributed by atoms with E-state index < -0.39 is 11.6 Å². The molecule has 0 saturated carbocycles. The number of anilines is 1. The molecule has 1 aliphatic heterocycles. The Kier molecular flexibility index (Phi) is 4.29. The maximum absolute atomic E-state index is 13.2. The Hall–Kier alpha value is -2.08. The van der Waals surface area contributed by atoms with Gasteiger partial charge in [0.05, 0.1) is 5.69 Å². The van der Waals surface area contributed by atoms with Crippen molar-refractivity contribution in [2.24, 2.45) is 0 Å². The van der Waals surface area contributed by atoms with Crippen LogP contribution in [0.1, 0.15) is 11.3 Å². The fraction of sp³-hybridized carbons (Fsp3) is 0.375. The summed E-state index contributed by atoms with van der Waals surface area (Å²) in [4.78, 5) is 4.36. The van der Waals surface area contributed by atoms with Gasteiger partial charge in [0.25, 0.3) is 0 Å². The lowest BCUT2D eigenvalue weighted by Crippen LogP contribution is -2.46. The number of nitrogens with zero attached hydrogens (tertiary/aromatic N) is 4. The second-order valence-electron chi connectivity index (χ2n) is 5.57. The number of aromatic nitrogens is 2. The van der Waals surface area contributed by atoms with E-state index in [4.69, 9.17) is 0 Å². The molecule has 0 N–H and O–H groups in total. The van der Waals surface area contributed by atoms with Crippen LogP contribution in [0, 0.1) is 18.6 Å². The number of halogens is 2. The van der Waals surface area contributed by atoms with Crippen LogP contribution >= 0.6 is 0 Å². The van der Waals surface area contributed by atoms with E-state index in [2.05, 4.69) is 20.0 Å². The Bertz CT molecular complexity index is 617. The summed E-state index contributed by atoms with van der Waals surface area (Å²) in [5, 5.41) is 8.26. The molecule has 1 fully saturated rings. The highest BCUT2D eigenvalue weighted by Gasteiger charge is 2.18. The number of rotatable bonds is 3. The van der Waals surface area contributed by atoms with Gasteiger partial charge in [0.2, 0.25) is 0 Å². The summed E-state index contributed by atoms with van der Waals surface area (Å²) in [5.74, 6) is -0.172. The Morgan fingerprint density at radius 3 is 2.23 bits per heavy atom. The average Bonchev–Trinajstić information content (AvgIpc) is 2.48. The number of benzene rings is 1. The number of aryl methyl sites for hydroxylation is 1. The second kappa shape index (κ2) is 6.36. The van der Waals surface area contributed by atoms with E-state index in [1.54, 1.807) is 0 Å². The molecule has 1 aromatic heterocycles. The zero-order valence-electron chi connectivity index (χ0n) is 12.5. The zero-order valence-corrected chi connectivity index (χ0v) is 12.5. The third kappa shape index (κ3) is 3.57. The maximum atomic E-state index is 13.2. The van der Waals surface area contributed by atoms with Crippen molar-refractivity contribution in [2.45, 2.75) is 13.5 Å². The second-order valence-corrected chi connectivity index (χ2v) is 5.57. The Labute approximate surface area is 128 Å². The van der Waals surface area contributed by atoms with E-state index in [1.165, 1.54) is 12.1 Å². The van der Waals surface area contributed by atoms with Crippen molar-refractivity contribution in [3.63, 3.8) is 0 Å². The van der Waals surface area contributed by atoms with Gasteiger partial charge in [-0.3, -0.25) is 4.90 Å². The van der Waals surface area contributed by atoms with Gasteiger partial charge in [-0.25, -0.2) is 8.78 Å². The lowest BCUT2D eigenvalue weighted by Gasteiger charge is -2.35. The molecule has 2 heterocycles. The minimum atomic E-state index is -0.524. The van der Waals surface area contributed by atoms with Crippen LogP contribution in [0.5, 0.6) is 0 Å². The molecule has 2 aromatic rings. The smallest absolute Gasteiger partial charge is 0.151 e. The third-order valence-electron chi connectivity index (χ3n) is 3.81. The van der Waals surface area contributed by atoms with Gasteiger partial charge in [0, 0.05) is 38.8 Å². The minimum Gasteiger partial charge on any atom is -0.353 e. The van der Waals surface area contributed by atoms with Gasteiger partial charge in [0.1, 0.15) is 11.6 Å². The summed E-state index contributed by atoms with van der Waals surface area (Å²) in [6.45, 7) is 5.78. The van der Waals surface area contributed by atoms with Crippen molar-refractivity contribution in [1.29, 1.82) is 0 Å². The van der Waals surface area contributed by atoms with Crippen LogP contribution in [-0.2, 0) is 6.54 Å². The van der Waals surface area contributed by atoms with Gasteiger partial charge in [-0.05, 0) is 36.8 Å². The molecule has 1 aromatic carbocycles. The fourth-order valence-corrected chi connectivity index (χ4v) is 2.66. The van der Waals surface area contributed by atoms with Crippen molar-refractivity contribution in [3.05, 3.63) is 53.2 Å². The van der Waals surface area contributed by atoms with Gasteiger partial charge in [-0.15, -0.1) is 5.10 Å². The van der Waals surface area contributed by atoms with Crippen LogP contribution in [0.3, 0.4) is 0 Å². The van der Waals surface area contributed by atoms with Gasteiger partial charge in [0.15, 0.2) is 5.82 Å². The number of hydrogen-bond donors (Lipinski definition) is 0. The quantitative estimate of drug-likeness (QED) is 0.871. The highest BCUT2D eigenvalue weighted by Crippen LogP contribution is 2.15. The summed E-state index contributed by atoms with van der Waals surface area (Å²) >= 11 is 0. The average molecular weight is 304 g/mol. The highest BCUT2D eigenvalue weighted by atomic mass is 19.1. The molecule has 4 nitrogen and oxygen atoms in total.